The van der Waals surface area contributed by atoms with E-state index in [9.17, 15) is 4.79 Å². The van der Waals surface area contributed by atoms with Crippen molar-refractivity contribution in [3.8, 4) is 22.9 Å². The molecule has 36 heavy (non-hydrogen) atoms. The molecule has 9 nitrogen and oxygen atoms in total. The number of rotatable bonds is 6. The number of aromatic amines is 1. The Balaban J connectivity index is 1.51. The molecule has 3 N–H and O–H groups in total. The van der Waals surface area contributed by atoms with Gasteiger partial charge in [0, 0.05) is 42.9 Å². The van der Waals surface area contributed by atoms with Gasteiger partial charge >= 0.3 is 0 Å². The summed E-state index contributed by atoms with van der Waals surface area (Å²) < 4.78 is 17.0. The first-order valence-corrected chi connectivity index (χ1v) is 12.1. The number of halogens is 1. The number of hydrogen-bond acceptors (Lipinski definition) is 7. The second kappa shape index (κ2) is 9.33. The van der Waals surface area contributed by atoms with Gasteiger partial charge in [0.25, 0.3) is 5.91 Å². The van der Waals surface area contributed by atoms with Crippen LogP contribution < -0.4 is 20.1 Å². The summed E-state index contributed by atoms with van der Waals surface area (Å²) in [6, 6.07) is 11.0. The fourth-order valence-electron chi connectivity index (χ4n) is 4.71. The van der Waals surface area contributed by atoms with Crippen molar-refractivity contribution in [3.63, 3.8) is 0 Å². The number of H-pyrrole nitrogens is 1. The Hall–Kier alpha value is -3.82. The normalized spacial score (nSPS) is 17.1. The highest BCUT2D eigenvalue weighted by Crippen LogP contribution is 2.42. The summed E-state index contributed by atoms with van der Waals surface area (Å²) in [7, 11) is 1.56. The van der Waals surface area contributed by atoms with E-state index in [0.717, 1.165) is 23.4 Å². The third-order valence-corrected chi connectivity index (χ3v) is 6.70. The Morgan fingerprint density at radius 3 is 2.97 bits per heavy atom. The Kier molecular flexibility index (Phi) is 5.86. The number of aromatic nitrogens is 3. The van der Waals surface area contributed by atoms with Gasteiger partial charge in [0.1, 0.15) is 11.6 Å². The molecule has 0 spiro atoms. The van der Waals surface area contributed by atoms with Gasteiger partial charge in [0.2, 0.25) is 5.88 Å². The summed E-state index contributed by atoms with van der Waals surface area (Å²) in [5, 5.41) is 6.81. The zero-order valence-corrected chi connectivity index (χ0v) is 20.3. The number of nitrogens with zero attached hydrogens (tertiary/aromatic N) is 2. The van der Waals surface area contributed by atoms with Gasteiger partial charge in [-0.1, -0.05) is 17.7 Å². The van der Waals surface area contributed by atoms with Crippen LogP contribution in [0.1, 0.15) is 22.5 Å². The first kappa shape index (κ1) is 22.6. The van der Waals surface area contributed by atoms with Crippen LogP contribution >= 0.6 is 11.6 Å². The summed E-state index contributed by atoms with van der Waals surface area (Å²) in [5.41, 5.74) is 5.55. The van der Waals surface area contributed by atoms with Gasteiger partial charge in [-0.2, -0.15) is 0 Å². The first-order chi connectivity index (χ1) is 17.6. The number of ether oxygens (including phenoxy) is 3. The zero-order chi connectivity index (χ0) is 24.6. The number of fused-ring (bicyclic) bond motifs is 2. The average Bonchev–Trinajstić information content (AvgIpc) is 3.52. The molecular weight excluding hydrogens is 482 g/mol. The molecule has 0 aliphatic carbocycles. The maximum absolute atomic E-state index is 13.0. The SMILES string of the molecule is COc1c(Cl)cccc1Nc1c(-c2ccnc3ccc(O[C@@H]4CCOC4)nc23)[nH]c2c1C(=O)NCC2. The number of hydrogen-bond donors (Lipinski definition) is 3. The lowest BCUT2D eigenvalue weighted by molar-refractivity contribution is 0.0947. The summed E-state index contributed by atoms with van der Waals surface area (Å²) >= 11 is 6.37. The van der Waals surface area contributed by atoms with Gasteiger partial charge in [0.15, 0.2) is 5.75 Å². The predicted octanol–water partition coefficient (Wildman–Crippen LogP) is 4.48. The van der Waals surface area contributed by atoms with Gasteiger partial charge in [0.05, 0.1) is 53.5 Å². The number of anilines is 2. The van der Waals surface area contributed by atoms with Gasteiger partial charge in [-0.3, -0.25) is 9.78 Å². The van der Waals surface area contributed by atoms with Gasteiger partial charge in [-0.05, 0) is 24.3 Å². The standard InChI is InChI=1S/C26H24ClN5O4/c1-34-25-16(27)3-2-4-19(25)31-24-21-17(8-11-29-26(21)33)30-23(24)15-7-10-28-18-5-6-20(32-22(15)18)36-14-9-12-35-13-14/h2-7,10,14,30-31H,8-9,11-13H2,1H3,(H,29,33)/t14-/m1/s1. The Labute approximate surface area is 212 Å². The van der Waals surface area contributed by atoms with Crippen molar-refractivity contribution >= 4 is 39.9 Å². The number of benzene rings is 1. The first-order valence-electron chi connectivity index (χ1n) is 11.8. The molecule has 0 radical (unpaired) electrons. The van der Waals surface area contributed by atoms with Gasteiger partial charge < -0.3 is 29.8 Å². The van der Waals surface area contributed by atoms with Crippen LogP contribution in [-0.4, -0.2) is 53.8 Å². The molecule has 0 bridgehead atoms. The summed E-state index contributed by atoms with van der Waals surface area (Å²) in [6.45, 7) is 1.79. The fourth-order valence-corrected chi connectivity index (χ4v) is 4.96. The molecule has 1 atom stereocenters. The molecule has 0 saturated carbocycles. The van der Waals surface area contributed by atoms with E-state index in [0.29, 0.717) is 70.8 Å². The molecule has 0 unspecified atom stereocenters. The van der Waals surface area contributed by atoms with Crippen molar-refractivity contribution in [3.05, 3.63) is 58.9 Å². The summed E-state index contributed by atoms with van der Waals surface area (Å²) in [4.78, 5) is 25.8. The van der Waals surface area contributed by atoms with Crippen LogP contribution in [0.2, 0.25) is 5.02 Å². The van der Waals surface area contributed by atoms with Crippen LogP contribution in [0.25, 0.3) is 22.3 Å². The molecule has 184 valence electrons. The lowest BCUT2D eigenvalue weighted by atomic mass is 10.0. The number of para-hydroxylation sites is 1. The van der Waals surface area contributed by atoms with Crippen molar-refractivity contribution in [1.82, 2.24) is 20.3 Å². The molecule has 4 aromatic rings. The van der Waals surface area contributed by atoms with Crippen LogP contribution in [0.5, 0.6) is 11.6 Å². The minimum Gasteiger partial charge on any atom is -0.493 e. The number of amides is 1. The van der Waals surface area contributed by atoms with E-state index in [1.54, 1.807) is 19.4 Å². The minimum atomic E-state index is -0.154. The Morgan fingerprint density at radius 2 is 2.14 bits per heavy atom. The number of carbonyl (C=O) groups is 1. The van der Waals surface area contributed by atoms with E-state index < -0.39 is 0 Å². The molecule has 2 aliphatic rings. The maximum atomic E-state index is 13.0. The Morgan fingerprint density at radius 1 is 1.22 bits per heavy atom. The predicted molar refractivity (Wildman–Crippen MR) is 137 cm³/mol. The number of nitrogens with one attached hydrogen (secondary N) is 3. The van der Waals surface area contributed by atoms with Crippen molar-refractivity contribution in [2.75, 3.05) is 32.2 Å². The van der Waals surface area contributed by atoms with E-state index in [-0.39, 0.29) is 12.0 Å². The smallest absolute Gasteiger partial charge is 0.255 e. The van der Waals surface area contributed by atoms with E-state index >= 15 is 0 Å². The van der Waals surface area contributed by atoms with Crippen LogP contribution in [0, 0.1) is 0 Å². The van der Waals surface area contributed by atoms with Crippen molar-refractivity contribution in [2.24, 2.45) is 0 Å². The zero-order valence-electron chi connectivity index (χ0n) is 19.6. The second-order valence-electron chi connectivity index (χ2n) is 8.66. The monoisotopic (exact) mass is 505 g/mol. The molecule has 5 heterocycles. The molecule has 6 rings (SSSR count). The van der Waals surface area contributed by atoms with Crippen LogP contribution in [0.3, 0.4) is 0 Å². The Bertz CT molecular complexity index is 1460. The highest BCUT2D eigenvalue weighted by Gasteiger charge is 2.29. The average molecular weight is 506 g/mol. The molecular formula is C26H24ClN5O4. The molecule has 10 heteroatoms. The molecule has 3 aromatic heterocycles. The fraction of sp³-hybridized carbons (Fsp3) is 0.269. The summed E-state index contributed by atoms with van der Waals surface area (Å²) in [5.74, 6) is 0.842. The van der Waals surface area contributed by atoms with Crippen molar-refractivity contribution in [2.45, 2.75) is 18.9 Å². The van der Waals surface area contributed by atoms with Crippen LogP contribution in [-0.2, 0) is 11.2 Å². The van der Waals surface area contributed by atoms with Gasteiger partial charge in [-0.15, -0.1) is 0 Å². The van der Waals surface area contributed by atoms with Gasteiger partial charge in [-0.25, -0.2) is 4.98 Å². The topological polar surface area (TPSA) is 110 Å². The lowest BCUT2D eigenvalue weighted by Crippen LogP contribution is -2.31. The van der Waals surface area contributed by atoms with Crippen LogP contribution in [0.4, 0.5) is 11.4 Å². The second-order valence-corrected chi connectivity index (χ2v) is 9.07. The highest BCUT2D eigenvalue weighted by atomic mass is 35.5. The minimum absolute atomic E-state index is 0.0240. The number of pyridine rings is 2. The van der Waals surface area contributed by atoms with E-state index in [4.69, 9.17) is 30.8 Å². The third kappa shape index (κ3) is 4.00. The maximum Gasteiger partial charge on any atom is 0.255 e. The van der Waals surface area contributed by atoms with Crippen LogP contribution in [0.15, 0.2) is 42.6 Å². The number of carbonyl (C=O) groups excluding carboxylic acids is 1. The molecule has 2 aliphatic heterocycles. The molecule has 1 amide bonds. The van der Waals surface area contributed by atoms with E-state index in [1.807, 2.05) is 30.3 Å². The largest absolute Gasteiger partial charge is 0.493 e. The lowest BCUT2D eigenvalue weighted by Gasteiger charge is -2.17. The third-order valence-electron chi connectivity index (χ3n) is 6.40. The number of methoxy groups -OCH3 is 1. The summed E-state index contributed by atoms with van der Waals surface area (Å²) in [6.07, 6.45) is 3.21. The molecule has 1 saturated heterocycles. The van der Waals surface area contributed by atoms with Crippen molar-refractivity contribution in [1.29, 1.82) is 0 Å². The quantitative estimate of drug-likeness (QED) is 0.354. The van der Waals surface area contributed by atoms with E-state index in [1.165, 1.54) is 0 Å². The van der Waals surface area contributed by atoms with E-state index in [2.05, 4.69) is 20.6 Å². The molecule has 1 fully saturated rings. The van der Waals surface area contributed by atoms with Crippen molar-refractivity contribution < 1.29 is 19.0 Å². The molecule has 1 aromatic carbocycles. The highest BCUT2D eigenvalue weighted by molar-refractivity contribution is 6.32.